The third kappa shape index (κ3) is 7.20. The minimum atomic E-state index is -4.48. The Hall–Kier alpha value is -4.12. The van der Waals surface area contributed by atoms with Gasteiger partial charge in [-0.2, -0.15) is 26.3 Å². The van der Waals surface area contributed by atoms with E-state index in [-0.39, 0.29) is 22.4 Å². The summed E-state index contributed by atoms with van der Waals surface area (Å²) in [6.45, 7) is 1.35. The fraction of sp³-hybridized carbons (Fsp3) is 0.194. The molecule has 0 radical (unpaired) electrons. The van der Waals surface area contributed by atoms with E-state index >= 15 is 0 Å². The molecule has 42 heavy (non-hydrogen) atoms. The molecule has 5 rings (SSSR count). The third-order valence-electron chi connectivity index (χ3n) is 6.38. The van der Waals surface area contributed by atoms with Crippen LogP contribution < -0.4 is 15.4 Å². The van der Waals surface area contributed by atoms with Gasteiger partial charge in [0.05, 0.1) is 11.0 Å². The maximum atomic E-state index is 12.9. The van der Waals surface area contributed by atoms with Gasteiger partial charge >= 0.3 is 12.4 Å². The quantitative estimate of drug-likeness (QED) is 0.111. The summed E-state index contributed by atoms with van der Waals surface area (Å²) < 4.78 is 86.6. The van der Waals surface area contributed by atoms with Crippen molar-refractivity contribution in [2.24, 2.45) is 4.99 Å². The van der Waals surface area contributed by atoms with Crippen molar-refractivity contribution < 1.29 is 30.8 Å². The Balaban J connectivity index is 1.68. The minimum absolute atomic E-state index is 0.0674. The lowest BCUT2D eigenvalue weighted by Gasteiger charge is -2.20. The Morgan fingerprint density at radius 2 is 1.50 bits per heavy atom. The number of hydrogen-bond acceptors (Lipinski definition) is 5. The molecule has 0 amide bonds. The summed E-state index contributed by atoms with van der Waals surface area (Å²) in [7, 11) is 0. The second kappa shape index (κ2) is 11.6. The zero-order valence-electron chi connectivity index (χ0n) is 22.5. The van der Waals surface area contributed by atoms with Crippen LogP contribution in [-0.4, -0.2) is 25.4 Å². The standard InChI is InChI=1S/C31H25F6N3OS/c1-18-3-8-22(9-4-18)42-40-26-12-5-19(2)13-25(26)29-23-10-6-20(38-16-30(32,33)34)14-27(23)41-28-15-21(7-11-24(28)29)39-17-31(35,36)37/h3-15,38,40H,16-17H2,1-2H3. The maximum Gasteiger partial charge on any atom is 0.407 e. The molecule has 1 aliphatic carbocycles. The monoisotopic (exact) mass is 601 g/mol. The smallest absolute Gasteiger partial charge is 0.407 e. The fourth-order valence-electron chi connectivity index (χ4n) is 4.43. The van der Waals surface area contributed by atoms with E-state index in [0.717, 1.165) is 27.3 Å². The van der Waals surface area contributed by atoms with Gasteiger partial charge in [0.25, 0.3) is 0 Å². The van der Waals surface area contributed by atoms with Crippen LogP contribution >= 0.6 is 11.9 Å². The van der Waals surface area contributed by atoms with Crippen LogP contribution in [-0.2, 0) is 0 Å². The van der Waals surface area contributed by atoms with Crippen LogP contribution in [0.5, 0.6) is 0 Å². The Morgan fingerprint density at radius 3 is 2.21 bits per heavy atom. The number of benzene rings is 4. The van der Waals surface area contributed by atoms with Crippen LogP contribution in [0, 0.1) is 13.8 Å². The minimum Gasteiger partial charge on any atom is -0.456 e. The van der Waals surface area contributed by atoms with Crippen molar-refractivity contribution in [1.29, 1.82) is 0 Å². The van der Waals surface area contributed by atoms with Gasteiger partial charge in [-0.15, -0.1) is 0 Å². The molecule has 4 nitrogen and oxygen atoms in total. The average molecular weight is 602 g/mol. The van der Waals surface area contributed by atoms with Gasteiger partial charge in [0.1, 0.15) is 24.4 Å². The second-order valence-corrected chi connectivity index (χ2v) is 10.7. The lowest BCUT2D eigenvalue weighted by molar-refractivity contribution is -0.118. The van der Waals surface area contributed by atoms with Gasteiger partial charge in [0.2, 0.25) is 0 Å². The number of nitrogens with zero attached hydrogens (tertiary/aromatic N) is 1. The Labute approximate surface area is 242 Å². The van der Waals surface area contributed by atoms with Gasteiger partial charge in [-0.3, -0.25) is 4.99 Å². The maximum absolute atomic E-state index is 12.9. The summed E-state index contributed by atoms with van der Waals surface area (Å²) >= 11 is 1.42. The number of aryl methyl sites for hydroxylation is 2. The van der Waals surface area contributed by atoms with E-state index in [0.29, 0.717) is 16.5 Å². The van der Waals surface area contributed by atoms with E-state index in [9.17, 15) is 26.3 Å². The fourth-order valence-corrected chi connectivity index (χ4v) is 5.11. The molecule has 218 valence electrons. The summed E-state index contributed by atoms with van der Waals surface area (Å²) in [6, 6.07) is 23.1. The molecule has 11 heteroatoms. The highest BCUT2D eigenvalue weighted by Crippen LogP contribution is 2.44. The lowest BCUT2D eigenvalue weighted by atomic mass is 9.91. The predicted molar refractivity (Wildman–Crippen MR) is 155 cm³/mol. The van der Waals surface area contributed by atoms with Crippen LogP contribution in [0.25, 0.3) is 33.4 Å². The molecule has 0 bridgehead atoms. The molecule has 3 aromatic rings. The van der Waals surface area contributed by atoms with Gasteiger partial charge in [0, 0.05) is 44.8 Å². The summed E-state index contributed by atoms with van der Waals surface area (Å²) in [4.78, 5) is 4.63. The number of nitrogens with one attached hydrogen (secondary N) is 2. The molecule has 0 unspecified atom stereocenters. The van der Waals surface area contributed by atoms with Gasteiger partial charge < -0.3 is 14.5 Å². The molecule has 2 aliphatic rings. The third-order valence-corrected chi connectivity index (χ3v) is 7.21. The van der Waals surface area contributed by atoms with Crippen LogP contribution in [0.4, 0.5) is 37.7 Å². The number of alkyl halides is 6. The first kappa shape index (κ1) is 29.4. The van der Waals surface area contributed by atoms with Crippen molar-refractivity contribution in [3.05, 3.63) is 95.3 Å². The van der Waals surface area contributed by atoms with Crippen LogP contribution in [0.15, 0.2) is 93.2 Å². The number of halogens is 6. The zero-order chi connectivity index (χ0) is 30.1. The van der Waals surface area contributed by atoms with Crippen molar-refractivity contribution in [2.75, 3.05) is 23.1 Å². The van der Waals surface area contributed by atoms with Crippen molar-refractivity contribution in [1.82, 2.24) is 0 Å². The molecule has 3 aromatic carbocycles. The molecule has 0 spiro atoms. The Morgan fingerprint density at radius 1 is 0.762 bits per heavy atom. The molecule has 1 aliphatic heterocycles. The number of anilines is 2. The first-order chi connectivity index (χ1) is 19.8. The number of hydrogen-bond donors (Lipinski definition) is 2. The first-order valence-electron chi connectivity index (χ1n) is 12.8. The van der Waals surface area contributed by atoms with Crippen molar-refractivity contribution >= 4 is 34.3 Å². The van der Waals surface area contributed by atoms with Crippen molar-refractivity contribution in [3.63, 3.8) is 0 Å². The van der Waals surface area contributed by atoms with Gasteiger partial charge in [-0.1, -0.05) is 29.3 Å². The highest BCUT2D eigenvalue weighted by Gasteiger charge is 2.27. The molecule has 2 N–H and O–H groups in total. The predicted octanol–water partition coefficient (Wildman–Crippen LogP) is 9.38. The van der Waals surface area contributed by atoms with Gasteiger partial charge in [-0.05, 0) is 74.3 Å². The zero-order valence-corrected chi connectivity index (χ0v) is 23.3. The molecular weight excluding hydrogens is 576 g/mol. The van der Waals surface area contributed by atoms with E-state index in [1.54, 1.807) is 12.1 Å². The highest BCUT2D eigenvalue weighted by molar-refractivity contribution is 8.00. The SMILES string of the molecule is Cc1ccc(SNc2ccc(C)cc2-c2c3ccc(=NCC(F)(F)F)cc-3oc3cc(NCC(F)(F)F)ccc23)cc1. The second-order valence-electron chi connectivity index (χ2n) is 9.83. The van der Waals surface area contributed by atoms with Crippen molar-refractivity contribution in [3.8, 4) is 22.5 Å². The van der Waals surface area contributed by atoms with E-state index in [1.165, 1.54) is 36.2 Å². The highest BCUT2D eigenvalue weighted by atomic mass is 32.2. The molecule has 1 heterocycles. The van der Waals surface area contributed by atoms with Crippen LogP contribution in [0.3, 0.4) is 0 Å². The van der Waals surface area contributed by atoms with E-state index in [4.69, 9.17) is 4.42 Å². The van der Waals surface area contributed by atoms with E-state index in [1.807, 2.05) is 56.3 Å². The summed E-state index contributed by atoms with van der Waals surface area (Å²) in [5.74, 6) is 0.243. The van der Waals surface area contributed by atoms with Crippen molar-refractivity contribution in [2.45, 2.75) is 31.1 Å². The lowest BCUT2D eigenvalue weighted by Crippen LogP contribution is -2.21. The summed E-state index contributed by atoms with van der Waals surface area (Å²) in [5.41, 5.74) is 5.41. The number of fused-ring (bicyclic) bond motifs is 2. The van der Waals surface area contributed by atoms with Crippen LogP contribution in [0.2, 0.25) is 0 Å². The molecule has 0 saturated carbocycles. The van der Waals surface area contributed by atoms with Crippen LogP contribution in [0.1, 0.15) is 11.1 Å². The van der Waals surface area contributed by atoms with E-state index < -0.39 is 25.4 Å². The van der Waals surface area contributed by atoms with Gasteiger partial charge in [-0.25, -0.2) is 0 Å². The topological polar surface area (TPSA) is 49.6 Å². The average Bonchev–Trinajstić information content (AvgIpc) is 2.93. The Bertz CT molecular complexity index is 1760. The number of rotatable bonds is 7. The molecule has 0 fully saturated rings. The molecule has 0 atom stereocenters. The first-order valence-corrected chi connectivity index (χ1v) is 13.7. The van der Waals surface area contributed by atoms with E-state index in [2.05, 4.69) is 15.0 Å². The molecule has 0 saturated heterocycles. The molecular formula is C31H25F6N3OS. The normalized spacial score (nSPS) is 12.7. The van der Waals surface area contributed by atoms with Gasteiger partial charge in [0.15, 0.2) is 0 Å². The summed E-state index contributed by atoms with van der Waals surface area (Å²) in [5, 5.41) is 3.04. The largest absolute Gasteiger partial charge is 0.456 e. The molecule has 0 aromatic heterocycles. The Kier molecular flexibility index (Phi) is 8.14. The summed E-state index contributed by atoms with van der Waals surface area (Å²) in [6.07, 6.45) is -8.90.